The highest BCUT2D eigenvalue weighted by Gasteiger charge is 2.24. The van der Waals surface area contributed by atoms with Gasteiger partial charge in [-0.05, 0) is 42.9 Å². The van der Waals surface area contributed by atoms with Gasteiger partial charge in [0.05, 0.1) is 6.61 Å². The molecule has 1 heterocycles. The topological polar surface area (TPSA) is 21.8 Å². The molecule has 0 aromatic heterocycles. The van der Waals surface area contributed by atoms with Crippen molar-refractivity contribution in [2.75, 3.05) is 13.2 Å². The van der Waals surface area contributed by atoms with Crippen molar-refractivity contribution in [2.24, 2.45) is 0 Å². The molecule has 15 heavy (non-hydrogen) atoms. The largest absolute Gasteiger partial charge is 0.490 e. The van der Waals surface area contributed by atoms with Crippen molar-refractivity contribution in [3.63, 3.8) is 0 Å². The summed E-state index contributed by atoms with van der Waals surface area (Å²) in [5, 5.41) is 0. The molecular formula is C13H16O2. The molecule has 0 saturated carbocycles. The fraction of sp³-hybridized carbons (Fsp3) is 0.538. The molecule has 3 rings (SSSR count). The number of aryl methyl sites for hydroxylation is 1. The van der Waals surface area contributed by atoms with Crippen LogP contribution >= 0.6 is 0 Å². The lowest BCUT2D eigenvalue weighted by Crippen LogP contribution is -2.09. The number of epoxide rings is 1. The Morgan fingerprint density at radius 3 is 3.00 bits per heavy atom. The molecule has 2 aliphatic rings. The first-order chi connectivity index (χ1) is 7.43. The maximum atomic E-state index is 5.80. The van der Waals surface area contributed by atoms with Crippen molar-refractivity contribution < 1.29 is 9.47 Å². The van der Waals surface area contributed by atoms with Gasteiger partial charge in [-0.25, -0.2) is 0 Å². The zero-order valence-electron chi connectivity index (χ0n) is 8.87. The summed E-state index contributed by atoms with van der Waals surface area (Å²) in [5.74, 6) is 1.09. The van der Waals surface area contributed by atoms with E-state index >= 15 is 0 Å². The summed E-state index contributed by atoms with van der Waals surface area (Å²) in [7, 11) is 0. The maximum Gasteiger partial charge on any atom is 0.122 e. The van der Waals surface area contributed by atoms with Crippen molar-refractivity contribution in [2.45, 2.75) is 31.8 Å². The number of fused-ring (bicyclic) bond motifs is 1. The number of benzene rings is 1. The summed E-state index contributed by atoms with van der Waals surface area (Å²) >= 11 is 0. The molecule has 1 saturated heterocycles. The minimum absolute atomic E-state index is 0.351. The molecule has 1 aromatic carbocycles. The molecule has 1 fully saturated rings. The quantitative estimate of drug-likeness (QED) is 0.705. The summed E-state index contributed by atoms with van der Waals surface area (Å²) in [6.07, 6.45) is 5.36. The van der Waals surface area contributed by atoms with Crippen LogP contribution in [0.3, 0.4) is 0 Å². The Balaban J connectivity index is 1.79. The molecule has 1 aliphatic heterocycles. The van der Waals surface area contributed by atoms with Gasteiger partial charge in [-0.2, -0.15) is 0 Å². The summed E-state index contributed by atoms with van der Waals surface area (Å²) in [6, 6.07) is 6.43. The molecule has 2 heteroatoms. The lowest BCUT2D eigenvalue weighted by Gasteiger charge is -2.19. The van der Waals surface area contributed by atoms with Crippen molar-refractivity contribution in [1.82, 2.24) is 0 Å². The van der Waals surface area contributed by atoms with E-state index in [2.05, 4.69) is 18.2 Å². The smallest absolute Gasteiger partial charge is 0.122 e. The Hall–Kier alpha value is -1.02. The monoisotopic (exact) mass is 204 g/mol. The third-order valence-electron chi connectivity index (χ3n) is 3.18. The van der Waals surface area contributed by atoms with E-state index in [1.807, 2.05) is 0 Å². The number of rotatable bonds is 3. The molecule has 80 valence electrons. The van der Waals surface area contributed by atoms with Crippen molar-refractivity contribution in [1.29, 1.82) is 0 Å². The summed E-state index contributed by atoms with van der Waals surface area (Å²) in [5.41, 5.74) is 2.92. The van der Waals surface area contributed by atoms with Gasteiger partial charge in [-0.15, -0.1) is 0 Å². The minimum Gasteiger partial charge on any atom is -0.490 e. The second kappa shape index (κ2) is 3.86. The van der Waals surface area contributed by atoms with Crippen LogP contribution in [0.25, 0.3) is 0 Å². The zero-order chi connectivity index (χ0) is 10.1. The van der Waals surface area contributed by atoms with Gasteiger partial charge in [-0.3, -0.25) is 0 Å². The van der Waals surface area contributed by atoms with Gasteiger partial charge in [0.25, 0.3) is 0 Å². The molecule has 2 nitrogen and oxygen atoms in total. The molecule has 1 unspecified atom stereocenters. The Bertz CT molecular complexity index is 356. The van der Waals surface area contributed by atoms with Crippen LogP contribution in [0, 0.1) is 0 Å². The number of hydrogen-bond donors (Lipinski definition) is 0. The van der Waals surface area contributed by atoms with Crippen LogP contribution in [0.2, 0.25) is 0 Å². The second-order valence-corrected chi connectivity index (χ2v) is 4.37. The number of ether oxygens (including phenoxy) is 2. The normalized spacial score (nSPS) is 23.3. The van der Waals surface area contributed by atoms with E-state index in [9.17, 15) is 0 Å². The highest BCUT2D eigenvalue weighted by Crippen LogP contribution is 2.29. The van der Waals surface area contributed by atoms with E-state index in [1.54, 1.807) is 0 Å². The van der Waals surface area contributed by atoms with Gasteiger partial charge in [0.2, 0.25) is 0 Å². The molecule has 0 bridgehead atoms. The van der Waals surface area contributed by atoms with Crippen molar-refractivity contribution >= 4 is 0 Å². The molecule has 0 radical (unpaired) electrons. The molecule has 1 aromatic rings. The molecule has 0 amide bonds. The highest BCUT2D eigenvalue weighted by molar-refractivity contribution is 5.41. The average Bonchev–Trinajstić information content (AvgIpc) is 3.10. The fourth-order valence-corrected chi connectivity index (χ4v) is 2.23. The Kier molecular flexibility index (Phi) is 2.37. The Morgan fingerprint density at radius 1 is 1.27 bits per heavy atom. The van der Waals surface area contributed by atoms with Gasteiger partial charge in [-0.1, -0.05) is 12.1 Å². The van der Waals surface area contributed by atoms with Crippen LogP contribution in [-0.2, 0) is 17.6 Å². The molecular weight excluding hydrogens is 188 g/mol. The molecule has 0 N–H and O–H groups in total. The molecule has 0 spiro atoms. The summed E-state index contributed by atoms with van der Waals surface area (Å²) in [6.45, 7) is 1.59. The van der Waals surface area contributed by atoms with Crippen LogP contribution < -0.4 is 4.74 Å². The van der Waals surface area contributed by atoms with Gasteiger partial charge in [0.15, 0.2) is 0 Å². The molecule has 1 atom stereocenters. The lowest BCUT2D eigenvalue weighted by atomic mass is 9.91. The van der Waals surface area contributed by atoms with Gasteiger partial charge in [0.1, 0.15) is 18.5 Å². The van der Waals surface area contributed by atoms with Gasteiger partial charge in [0, 0.05) is 0 Å². The Morgan fingerprint density at radius 2 is 2.13 bits per heavy atom. The standard InChI is InChI=1S/C13H16O2/c1-2-6-12-10(4-1)5-3-7-13(12)15-9-11-8-14-11/h3,5,7,11H,1-2,4,6,8-9H2. The van der Waals surface area contributed by atoms with Crippen LogP contribution in [0.15, 0.2) is 18.2 Å². The van der Waals surface area contributed by atoms with Gasteiger partial charge >= 0.3 is 0 Å². The average molecular weight is 204 g/mol. The third kappa shape index (κ3) is 2.00. The van der Waals surface area contributed by atoms with Crippen LogP contribution in [0.1, 0.15) is 24.0 Å². The van der Waals surface area contributed by atoms with Crippen molar-refractivity contribution in [3.8, 4) is 5.75 Å². The minimum atomic E-state index is 0.351. The predicted molar refractivity (Wildman–Crippen MR) is 58.3 cm³/mol. The number of hydrogen-bond acceptors (Lipinski definition) is 2. The van der Waals surface area contributed by atoms with E-state index in [0.29, 0.717) is 6.10 Å². The van der Waals surface area contributed by atoms with Gasteiger partial charge < -0.3 is 9.47 Å². The Labute approximate surface area is 90.2 Å². The first-order valence-electron chi connectivity index (χ1n) is 5.78. The molecule has 1 aliphatic carbocycles. The van der Waals surface area contributed by atoms with Crippen LogP contribution in [-0.4, -0.2) is 19.3 Å². The van der Waals surface area contributed by atoms with Crippen molar-refractivity contribution in [3.05, 3.63) is 29.3 Å². The summed E-state index contributed by atoms with van der Waals surface area (Å²) < 4.78 is 11.0. The summed E-state index contributed by atoms with van der Waals surface area (Å²) in [4.78, 5) is 0. The van der Waals surface area contributed by atoms with E-state index < -0.39 is 0 Å². The maximum absolute atomic E-state index is 5.80. The van der Waals surface area contributed by atoms with Crippen LogP contribution in [0.4, 0.5) is 0 Å². The van der Waals surface area contributed by atoms with E-state index in [-0.39, 0.29) is 0 Å². The van der Waals surface area contributed by atoms with Crippen LogP contribution in [0.5, 0.6) is 5.75 Å². The zero-order valence-corrected chi connectivity index (χ0v) is 8.87. The first-order valence-corrected chi connectivity index (χ1v) is 5.78. The second-order valence-electron chi connectivity index (χ2n) is 4.37. The first kappa shape index (κ1) is 9.22. The SMILES string of the molecule is c1cc2c(c(OCC3CO3)c1)CCCC2. The van der Waals surface area contributed by atoms with E-state index in [0.717, 1.165) is 19.0 Å². The third-order valence-corrected chi connectivity index (χ3v) is 3.18. The predicted octanol–water partition coefficient (Wildman–Crippen LogP) is 2.34. The fourth-order valence-electron chi connectivity index (χ4n) is 2.23. The van der Waals surface area contributed by atoms with E-state index in [4.69, 9.17) is 9.47 Å². The van der Waals surface area contributed by atoms with E-state index in [1.165, 1.54) is 36.8 Å². The lowest BCUT2D eigenvalue weighted by molar-refractivity contribution is 0.260. The highest BCUT2D eigenvalue weighted by atomic mass is 16.6.